The van der Waals surface area contributed by atoms with Gasteiger partial charge in [-0.1, -0.05) is 12.2 Å². The number of thiocarbonyl (C=S) groups is 1. The predicted molar refractivity (Wildman–Crippen MR) is 80.5 cm³/mol. The summed E-state index contributed by atoms with van der Waals surface area (Å²) in [6.07, 6.45) is 2.17. The third-order valence-corrected chi connectivity index (χ3v) is 6.06. The Kier molecular flexibility index (Phi) is 4.22. The number of thiophene rings is 1. The second-order valence-electron chi connectivity index (χ2n) is 3.92. The van der Waals surface area contributed by atoms with Gasteiger partial charge in [0.1, 0.15) is 0 Å². The van der Waals surface area contributed by atoms with Gasteiger partial charge in [-0.3, -0.25) is 4.79 Å². The van der Waals surface area contributed by atoms with Crippen molar-refractivity contribution in [3.05, 3.63) is 19.2 Å². The summed E-state index contributed by atoms with van der Waals surface area (Å²) in [7, 11) is 0. The molecule has 1 aliphatic carbocycles. The van der Waals surface area contributed by atoms with Crippen LogP contribution < -0.4 is 11.1 Å². The minimum atomic E-state index is -0.169. The van der Waals surface area contributed by atoms with Crippen molar-refractivity contribution in [3.8, 4) is 0 Å². The summed E-state index contributed by atoms with van der Waals surface area (Å²) in [5.74, 6) is 0.300. The van der Waals surface area contributed by atoms with E-state index in [9.17, 15) is 4.79 Å². The van der Waals surface area contributed by atoms with Gasteiger partial charge in [-0.15, -0.1) is 11.3 Å². The van der Waals surface area contributed by atoms with Crippen molar-refractivity contribution in [1.29, 1.82) is 0 Å². The molecule has 0 aliphatic heterocycles. The van der Waals surface area contributed by atoms with E-state index in [1.165, 1.54) is 11.3 Å². The average molecular weight is 398 g/mol. The van der Waals surface area contributed by atoms with Crippen molar-refractivity contribution in [3.63, 3.8) is 0 Å². The first-order valence-electron chi connectivity index (χ1n) is 5.04. The fraction of sp³-hybridized carbons (Fsp3) is 0.400. The van der Waals surface area contributed by atoms with Crippen LogP contribution in [-0.2, 0) is 0 Å². The van der Waals surface area contributed by atoms with Gasteiger partial charge in [0.15, 0.2) is 0 Å². The smallest absolute Gasteiger partial charge is 0.262 e. The zero-order valence-electron chi connectivity index (χ0n) is 8.70. The van der Waals surface area contributed by atoms with Crippen molar-refractivity contribution in [2.75, 3.05) is 0 Å². The van der Waals surface area contributed by atoms with Crippen LogP contribution in [0.1, 0.15) is 22.5 Å². The molecule has 1 amide bonds. The van der Waals surface area contributed by atoms with E-state index in [4.69, 9.17) is 18.0 Å². The van der Waals surface area contributed by atoms with Gasteiger partial charge in [-0.25, -0.2) is 0 Å². The molecule has 0 spiro atoms. The van der Waals surface area contributed by atoms with Gasteiger partial charge < -0.3 is 11.1 Å². The molecule has 0 aromatic carbocycles. The SMILES string of the molecule is NC(=S)C(NC(=O)c1cc(Br)c(Br)s1)C1CC1. The number of hydrogen-bond donors (Lipinski definition) is 2. The minimum Gasteiger partial charge on any atom is -0.392 e. The molecular formula is C10H10Br2N2OS2. The maximum atomic E-state index is 12.0. The minimum absolute atomic E-state index is 0.119. The Morgan fingerprint density at radius 3 is 2.65 bits per heavy atom. The number of nitrogens with one attached hydrogen (secondary N) is 1. The summed E-state index contributed by atoms with van der Waals surface area (Å²) in [6, 6.07) is 1.62. The molecule has 1 saturated carbocycles. The highest BCUT2D eigenvalue weighted by Gasteiger charge is 2.34. The highest BCUT2D eigenvalue weighted by Crippen LogP contribution is 2.34. The number of carbonyl (C=O) groups is 1. The van der Waals surface area contributed by atoms with Gasteiger partial charge in [-0.2, -0.15) is 0 Å². The Bertz CT molecular complexity index is 451. The first-order chi connectivity index (χ1) is 7.99. The van der Waals surface area contributed by atoms with E-state index in [1.807, 2.05) is 0 Å². The molecule has 1 fully saturated rings. The summed E-state index contributed by atoms with van der Waals surface area (Å²) < 4.78 is 1.78. The summed E-state index contributed by atoms with van der Waals surface area (Å²) in [5, 5.41) is 2.90. The Balaban J connectivity index is 2.07. The molecule has 7 heteroatoms. The highest BCUT2D eigenvalue weighted by atomic mass is 79.9. The zero-order valence-corrected chi connectivity index (χ0v) is 13.5. The molecular weight excluding hydrogens is 388 g/mol. The van der Waals surface area contributed by atoms with Crippen LogP contribution in [0.15, 0.2) is 14.3 Å². The van der Waals surface area contributed by atoms with Gasteiger partial charge in [0.05, 0.1) is 19.7 Å². The fourth-order valence-corrected chi connectivity index (χ4v) is 3.71. The van der Waals surface area contributed by atoms with Crippen molar-refractivity contribution in [2.24, 2.45) is 11.7 Å². The quantitative estimate of drug-likeness (QED) is 0.767. The molecule has 1 aliphatic rings. The summed E-state index contributed by atoms with van der Waals surface area (Å²) >= 11 is 13.1. The van der Waals surface area contributed by atoms with Crippen molar-refractivity contribution >= 4 is 66.3 Å². The van der Waals surface area contributed by atoms with Crippen LogP contribution in [0.5, 0.6) is 0 Å². The Hall–Kier alpha value is 0.0200. The second kappa shape index (κ2) is 5.34. The molecule has 0 radical (unpaired) electrons. The molecule has 17 heavy (non-hydrogen) atoms. The largest absolute Gasteiger partial charge is 0.392 e. The topological polar surface area (TPSA) is 55.1 Å². The van der Waals surface area contributed by atoms with Crippen molar-refractivity contribution in [2.45, 2.75) is 18.9 Å². The summed E-state index contributed by atoms with van der Waals surface area (Å²) in [6.45, 7) is 0. The molecule has 1 unspecified atom stereocenters. The average Bonchev–Trinajstić information content (AvgIpc) is 3.02. The fourth-order valence-electron chi connectivity index (χ4n) is 1.52. The van der Waals surface area contributed by atoms with Crippen LogP contribution >= 0.6 is 55.4 Å². The summed E-state index contributed by atoms with van der Waals surface area (Å²) in [4.78, 5) is 13.0. The first-order valence-corrected chi connectivity index (χ1v) is 7.85. The first kappa shape index (κ1) is 13.5. The van der Waals surface area contributed by atoms with E-state index in [2.05, 4.69) is 37.2 Å². The molecule has 0 bridgehead atoms. The van der Waals surface area contributed by atoms with Crippen LogP contribution in [0.3, 0.4) is 0 Å². The standard InChI is InChI=1S/C10H10Br2N2OS2/c11-5-3-6(17-8(5)12)10(15)14-7(9(13)16)4-1-2-4/h3-4,7H,1-2H2,(H2,13,16)(H,14,15). The van der Waals surface area contributed by atoms with E-state index >= 15 is 0 Å². The lowest BCUT2D eigenvalue weighted by Crippen LogP contribution is -2.44. The number of halogens is 2. The predicted octanol–water partition coefficient (Wildman–Crippen LogP) is 3.07. The van der Waals surface area contributed by atoms with Gasteiger partial charge in [0, 0.05) is 4.47 Å². The van der Waals surface area contributed by atoms with Crippen LogP contribution in [-0.4, -0.2) is 16.9 Å². The molecule has 0 saturated heterocycles. The maximum absolute atomic E-state index is 12.0. The molecule has 1 aromatic rings. The van der Waals surface area contributed by atoms with E-state index in [0.717, 1.165) is 21.1 Å². The van der Waals surface area contributed by atoms with Crippen LogP contribution in [0.25, 0.3) is 0 Å². The Morgan fingerprint density at radius 2 is 2.24 bits per heavy atom. The summed E-state index contributed by atoms with van der Waals surface area (Å²) in [5.41, 5.74) is 5.64. The molecule has 1 heterocycles. The molecule has 3 nitrogen and oxygen atoms in total. The normalized spacial score (nSPS) is 16.6. The number of rotatable bonds is 4. The number of carbonyl (C=O) groups excluding carboxylic acids is 1. The van der Waals surface area contributed by atoms with Gasteiger partial charge in [0.25, 0.3) is 5.91 Å². The monoisotopic (exact) mass is 396 g/mol. The Labute approximate surface area is 125 Å². The molecule has 1 aromatic heterocycles. The van der Waals surface area contributed by atoms with E-state index in [1.54, 1.807) is 6.07 Å². The van der Waals surface area contributed by atoms with Crippen LogP contribution in [0.4, 0.5) is 0 Å². The van der Waals surface area contributed by atoms with E-state index in [-0.39, 0.29) is 11.9 Å². The van der Waals surface area contributed by atoms with Gasteiger partial charge in [-0.05, 0) is 56.7 Å². The third kappa shape index (κ3) is 3.27. The van der Waals surface area contributed by atoms with Gasteiger partial charge in [0.2, 0.25) is 0 Å². The molecule has 3 N–H and O–H groups in total. The van der Waals surface area contributed by atoms with Crippen molar-refractivity contribution < 1.29 is 4.79 Å². The van der Waals surface area contributed by atoms with E-state index in [0.29, 0.717) is 15.8 Å². The van der Waals surface area contributed by atoms with Gasteiger partial charge >= 0.3 is 0 Å². The zero-order chi connectivity index (χ0) is 12.6. The second-order valence-corrected chi connectivity index (χ2v) is 7.62. The molecule has 1 atom stereocenters. The third-order valence-electron chi connectivity index (χ3n) is 2.56. The van der Waals surface area contributed by atoms with Crippen LogP contribution in [0, 0.1) is 5.92 Å². The number of amides is 1. The maximum Gasteiger partial charge on any atom is 0.262 e. The number of hydrogen-bond acceptors (Lipinski definition) is 3. The van der Waals surface area contributed by atoms with Crippen LogP contribution in [0.2, 0.25) is 0 Å². The highest BCUT2D eigenvalue weighted by molar-refractivity contribution is 9.13. The van der Waals surface area contributed by atoms with E-state index < -0.39 is 0 Å². The molecule has 2 rings (SSSR count). The lowest BCUT2D eigenvalue weighted by Gasteiger charge is -2.15. The lowest BCUT2D eigenvalue weighted by molar-refractivity contribution is 0.0948. The lowest BCUT2D eigenvalue weighted by atomic mass is 10.2. The molecule has 92 valence electrons. The number of nitrogens with two attached hydrogens (primary N) is 1. The van der Waals surface area contributed by atoms with Crippen molar-refractivity contribution in [1.82, 2.24) is 5.32 Å². The Morgan fingerprint density at radius 1 is 1.59 bits per heavy atom.